The highest BCUT2D eigenvalue weighted by atomic mass is 16.2. The third-order valence-electron chi connectivity index (χ3n) is 4.08. The molecule has 0 spiro atoms. The van der Waals surface area contributed by atoms with Crippen molar-refractivity contribution in [3.8, 4) is 11.5 Å². The fourth-order valence-corrected chi connectivity index (χ4v) is 2.75. The van der Waals surface area contributed by atoms with Gasteiger partial charge in [-0.15, -0.1) is 10.2 Å². The molecule has 9 nitrogen and oxygen atoms in total. The van der Waals surface area contributed by atoms with E-state index in [2.05, 4.69) is 35.8 Å². The smallest absolute Gasteiger partial charge is 0.310 e. The Balaban J connectivity index is 1.50. The summed E-state index contributed by atoms with van der Waals surface area (Å²) in [6, 6.07) is 10.5. The van der Waals surface area contributed by atoms with Crippen LogP contribution in [-0.2, 0) is 0 Å². The lowest BCUT2D eigenvalue weighted by Gasteiger charge is -2.11. The Bertz CT molecular complexity index is 1140. The molecule has 3 aromatic heterocycles. The summed E-state index contributed by atoms with van der Waals surface area (Å²) in [5.74, 6) is 1.06. The molecule has 0 unspecified atom stereocenters. The van der Waals surface area contributed by atoms with Gasteiger partial charge < -0.3 is 9.88 Å². The molecule has 0 aliphatic rings. The first-order valence-corrected chi connectivity index (χ1v) is 8.76. The number of fused-ring (bicyclic) bond motifs is 1. The molecule has 0 fully saturated rings. The van der Waals surface area contributed by atoms with E-state index in [0.717, 1.165) is 5.52 Å². The number of rotatable bonds is 4. The van der Waals surface area contributed by atoms with Crippen molar-refractivity contribution in [2.75, 3.05) is 10.6 Å². The van der Waals surface area contributed by atoms with Crippen LogP contribution in [0, 0.1) is 0 Å². The van der Waals surface area contributed by atoms with Gasteiger partial charge >= 0.3 is 6.03 Å². The normalized spacial score (nSPS) is 11.0. The second-order valence-electron chi connectivity index (χ2n) is 6.40. The van der Waals surface area contributed by atoms with E-state index in [-0.39, 0.29) is 6.04 Å². The average Bonchev–Trinajstić information content (AvgIpc) is 3.18. The van der Waals surface area contributed by atoms with Crippen molar-refractivity contribution in [2.45, 2.75) is 19.9 Å². The molecule has 0 saturated heterocycles. The molecule has 0 radical (unpaired) electrons. The molecule has 4 aromatic rings. The lowest BCUT2D eigenvalue weighted by Crippen LogP contribution is -2.20. The Kier molecular flexibility index (Phi) is 4.63. The Morgan fingerprint density at radius 1 is 1.04 bits per heavy atom. The largest absolute Gasteiger partial charge is 0.324 e. The van der Waals surface area contributed by atoms with Crippen LogP contribution in [0.4, 0.5) is 16.3 Å². The second-order valence-corrected chi connectivity index (χ2v) is 6.40. The second kappa shape index (κ2) is 7.39. The van der Waals surface area contributed by atoms with Crippen molar-refractivity contribution in [1.29, 1.82) is 0 Å². The summed E-state index contributed by atoms with van der Waals surface area (Å²) in [5.41, 5.74) is 2.71. The van der Waals surface area contributed by atoms with E-state index >= 15 is 0 Å². The molecule has 0 saturated carbocycles. The molecule has 3 heterocycles. The summed E-state index contributed by atoms with van der Waals surface area (Å²) in [7, 11) is 0. The van der Waals surface area contributed by atoms with Crippen molar-refractivity contribution < 1.29 is 4.79 Å². The van der Waals surface area contributed by atoms with Gasteiger partial charge in [-0.2, -0.15) is 0 Å². The summed E-state index contributed by atoms with van der Waals surface area (Å²) in [5, 5.41) is 13.6. The lowest BCUT2D eigenvalue weighted by molar-refractivity contribution is 0.262. The molecule has 9 heteroatoms. The average molecular weight is 374 g/mol. The number of nitrogens with one attached hydrogen (secondary N) is 2. The third kappa shape index (κ3) is 3.63. The highest BCUT2D eigenvalue weighted by Crippen LogP contribution is 2.20. The maximum absolute atomic E-state index is 12.4. The van der Waals surface area contributed by atoms with Crippen LogP contribution in [0.15, 0.2) is 55.1 Å². The Labute approximate surface area is 160 Å². The fraction of sp³-hybridized carbons (Fsp3) is 0.158. The van der Waals surface area contributed by atoms with Gasteiger partial charge in [-0.3, -0.25) is 15.3 Å². The van der Waals surface area contributed by atoms with Gasteiger partial charge in [0, 0.05) is 24.1 Å². The molecule has 0 atom stereocenters. The van der Waals surface area contributed by atoms with Crippen LogP contribution < -0.4 is 10.6 Å². The van der Waals surface area contributed by atoms with Gasteiger partial charge in [0.05, 0.1) is 11.0 Å². The number of amides is 2. The Morgan fingerprint density at radius 2 is 1.86 bits per heavy atom. The molecule has 28 heavy (non-hydrogen) atoms. The highest BCUT2D eigenvalue weighted by Gasteiger charge is 2.12. The minimum Gasteiger partial charge on any atom is -0.310 e. The molecular weight excluding hydrogens is 356 g/mol. The van der Waals surface area contributed by atoms with Crippen LogP contribution in [0.5, 0.6) is 0 Å². The number of hydrogen-bond acceptors (Lipinski definition) is 6. The fourth-order valence-electron chi connectivity index (χ4n) is 2.75. The van der Waals surface area contributed by atoms with Gasteiger partial charge in [0.25, 0.3) is 0 Å². The monoisotopic (exact) mass is 374 g/mol. The summed E-state index contributed by atoms with van der Waals surface area (Å²) >= 11 is 0. The summed E-state index contributed by atoms with van der Waals surface area (Å²) < 4.78 is 1.92. The van der Waals surface area contributed by atoms with Gasteiger partial charge in [0.2, 0.25) is 0 Å². The standard InChI is InChI=1S/C19H18N8O/c1-12(2)27-11-22-26-18(27)15-4-3-5-17(24-15)25-19(28)23-13-6-7-14-16(10-13)21-9-8-20-14/h3-12H,1-2H3,(H2,23,24,25,28). The van der Waals surface area contributed by atoms with Crippen LogP contribution in [-0.4, -0.2) is 35.7 Å². The van der Waals surface area contributed by atoms with Gasteiger partial charge in [0.15, 0.2) is 5.82 Å². The molecule has 0 aliphatic carbocycles. The van der Waals surface area contributed by atoms with E-state index in [0.29, 0.717) is 28.5 Å². The number of carbonyl (C=O) groups is 1. The SMILES string of the molecule is CC(C)n1cnnc1-c1cccc(NC(=O)Nc2ccc3nccnc3c2)n1. The number of nitrogens with zero attached hydrogens (tertiary/aromatic N) is 6. The number of anilines is 2. The van der Waals surface area contributed by atoms with E-state index in [4.69, 9.17) is 0 Å². The first-order valence-electron chi connectivity index (χ1n) is 8.76. The predicted molar refractivity (Wildman–Crippen MR) is 106 cm³/mol. The number of carbonyl (C=O) groups excluding carboxylic acids is 1. The summed E-state index contributed by atoms with van der Waals surface area (Å²) in [4.78, 5) is 25.3. The number of urea groups is 1. The topological polar surface area (TPSA) is 111 Å². The minimum atomic E-state index is -0.404. The van der Waals surface area contributed by atoms with Crippen molar-refractivity contribution in [2.24, 2.45) is 0 Å². The minimum absolute atomic E-state index is 0.197. The molecule has 2 N–H and O–H groups in total. The maximum atomic E-state index is 12.4. The molecule has 4 rings (SSSR count). The van der Waals surface area contributed by atoms with Gasteiger partial charge in [-0.1, -0.05) is 6.07 Å². The number of hydrogen-bond donors (Lipinski definition) is 2. The van der Waals surface area contributed by atoms with E-state index in [9.17, 15) is 4.79 Å². The van der Waals surface area contributed by atoms with Crippen molar-refractivity contribution >= 4 is 28.6 Å². The van der Waals surface area contributed by atoms with E-state index in [1.54, 1.807) is 43.0 Å². The van der Waals surface area contributed by atoms with Crippen LogP contribution in [0.25, 0.3) is 22.6 Å². The predicted octanol–water partition coefficient (Wildman–Crippen LogP) is 3.51. The Hall–Kier alpha value is -3.88. The first-order chi connectivity index (χ1) is 13.6. The van der Waals surface area contributed by atoms with Crippen molar-refractivity contribution in [3.05, 3.63) is 55.1 Å². The van der Waals surface area contributed by atoms with Gasteiger partial charge in [0.1, 0.15) is 17.8 Å². The molecule has 0 bridgehead atoms. The number of aromatic nitrogens is 6. The highest BCUT2D eigenvalue weighted by molar-refractivity contribution is 6.00. The Morgan fingerprint density at radius 3 is 2.68 bits per heavy atom. The van der Waals surface area contributed by atoms with Crippen LogP contribution in [0.1, 0.15) is 19.9 Å². The van der Waals surface area contributed by atoms with Gasteiger partial charge in [-0.25, -0.2) is 9.78 Å². The molecular formula is C19H18N8O. The zero-order chi connectivity index (χ0) is 19.5. The van der Waals surface area contributed by atoms with Crippen LogP contribution >= 0.6 is 0 Å². The van der Waals surface area contributed by atoms with E-state index in [1.807, 2.05) is 30.5 Å². The van der Waals surface area contributed by atoms with Crippen molar-refractivity contribution in [3.63, 3.8) is 0 Å². The van der Waals surface area contributed by atoms with Crippen LogP contribution in [0.3, 0.4) is 0 Å². The van der Waals surface area contributed by atoms with Crippen LogP contribution in [0.2, 0.25) is 0 Å². The van der Waals surface area contributed by atoms with E-state index < -0.39 is 6.03 Å². The zero-order valence-electron chi connectivity index (χ0n) is 15.4. The molecule has 140 valence electrons. The maximum Gasteiger partial charge on any atom is 0.324 e. The number of pyridine rings is 1. The summed E-state index contributed by atoms with van der Waals surface area (Å²) in [6.45, 7) is 4.08. The zero-order valence-corrected chi connectivity index (χ0v) is 15.4. The molecule has 2 amide bonds. The van der Waals surface area contributed by atoms with Crippen molar-refractivity contribution in [1.82, 2.24) is 29.7 Å². The molecule has 0 aliphatic heterocycles. The lowest BCUT2D eigenvalue weighted by atomic mass is 10.2. The summed E-state index contributed by atoms with van der Waals surface area (Å²) in [6.07, 6.45) is 4.90. The first kappa shape index (κ1) is 17.5. The van der Waals surface area contributed by atoms with E-state index in [1.165, 1.54) is 0 Å². The number of benzene rings is 1. The quantitative estimate of drug-likeness (QED) is 0.565. The third-order valence-corrected chi connectivity index (χ3v) is 4.08. The molecule has 1 aromatic carbocycles. The van der Waals surface area contributed by atoms with Gasteiger partial charge in [-0.05, 0) is 44.2 Å².